The Labute approximate surface area is 128 Å². The Bertz CT molecular complexity index is 500. The molecule has 0 spiro atoms. The highest BCUT2D eigenvalue weighted by molar-refractivity contribution is 7.12. The van der Waals surface area contributed by atoms with Crippen molar-refractivity contribution in [2.24, 2.45) is 5.92 Å². The molecular weight excluding hydrogens is 290 g/mol. The number of carboxylic acids is 1. The van der Waals surface area contributed by atoms with Crippen LogP contribution in [0.1, 0.15) is 47.3 Å². The fourth-order valence-corrected chi connectivity index (χ4v) is 3.63. The van der Waals surface area contributed by atoms with E-state index < -0.39 is 11.9 Å². The normalized spacial score (nSPS) is 22.5. The molecule has 0 aliphatic heterocycles. The fourth-order valence-electron chi connectivity index (χ4n) is 2.81. The van der Waals surface area contributed by atoms with Crippen molar-refractivity contribution in [3.8, 4) is 0 Å². The van der Waals surface area contributed by atoms with E-state index in [9.17, 15) is 14.7 Å². The molecule has 0 unspecified atom stereocenters. The predicted octanol–water partition coefficient (Wildman–Crippen LogP) is 2.66. The molecule has 1 heterocycles. The van der Waals surface area contributed by atoms with Crippen molar-refractivity contribution in [3.05, 3.63) is 21.9 Å². The number of carbonyl (C=O) groups is 2. The van der Waals surface area contributed by atoms with E-state index in [0.29, 0.717) is 17.9 Å². The Balaban J connectivity index is 2.08. The maximum atomic E-state index is 12.4. The molecule has 2 N–H and O–H groups in total. The lowest BCUT2D eigenvalue weighted by Gasteiger charge is -2.22. The lowest BCUT2D eigenvalue weighted by molar-refractivity contribution is -0.142. The van der Waals surface area contributed by atoms with Gasteiger partial charge in [0.15, 0.2) is 0 Å². The van der Waals surface area contributed by atoms with E-state index >= 15 is 0 Å². The quantitative estimate of drug-likeness (QED) is 0.820. The van der Waals surface area contributed by atoms with Gasteiger partial charge in [-0.2, -0.15) is 0 Å². The second kappa shape index (κ2) is 7.56. The van der Waals surface area contributed by atoms with Crippen LogP contribution >= 0.6 is 11.3 Å². The molecule has 1 aromatic rings. The summed E-state index contributed by atoms with van der Waals surface area (Å²) in [5.41, 5.74) is 0.848. The van der Waals surface area contributed by atoms with E-state index in [4.69, 9.17) is 4.74 Å². The first kappa shape index (κ1) is 16.0. The SMILES string of the molecule is COCc1ccsc1C(=O)N[C@H]1CCCCC[C@H]1C(=O)O. The maximum absolute atomic E-state index is 12.4. The summed E-state index contributed by atoms with van der Waals surface area (Å²) < 4.78 is 5.08. The van der Waals surface area contributed by atoms with Gasteiger partial charge in [-0.3, -0.25) is 9.59 Å². The van der Waals surface area contributed by atoms with Crippen LogP contribution in [0.5, 0.6) is 0 Å². The van der Waals surface area contributed by atoms with Gasteiger partial charge in [0.05, 0.1) is 17.4 Å². The number of rotatable bonds is 5. The Morgan fingerprint density at radius 3 is 2.86 bits per heavy atom. The molecule has 21 heavy (non-hydrogen) atoms. The minimum atomic E-state index is -0.814. The first-order chi connectivity index (χ1) is 10.1. The second-order valence-corrected chi connectivity index (χ2v) is 6.29. The van der Waals surface area contributed by atoms with Crippen molar-refractivity contribution in [2.75, 3.05) is 7.11 Å². The molecule has 5 nitrogen and oxygen atoms in total. The number of hydrogen-bond acceptors (Lipinski definition) is 4. The van der Waals surface area contributed by atoms with Crippen molar-refractivity contribution < 1.29 is 19.4 Å². The number of carboxylic acid groups (broad SMARTS) is 1. The molecule has 1 saturated carbocycles. The van der Waals surface area contributed by atoms with Gasteiger partial charge in [0.2, 0.25) is 0 Å². The third kappa shape index (κ3) is 4.04. The smallest absolute Gasteiger partial charge is 0.308 e. The maximum Gasteiger partial charge on any atom is 0.308 e. The third-order valence-electron chi connectivity index (χ3n) is 3.90. The van der Waals surface area contributed by atoms with Crippen LogP contribution in [0, 0.1) is 5.92 Å². The average Bonchev–Trinajstić information content (AvgIpc) is 2.77. The monoisotopic (exact) mass is 311 g/mol. The van der Waals surface area contributed by atoms with E-state index in [1.165, 1.54) is 11.3 Å². The number of amides is 1. The zero-order valence-corrected chi connectivity index (χ0v) is 12.9. The molecule has 0 aromatic carbocycles. The number of hydrogen-bond donors (Lipinski definition) is 2. The number of carbonyl (C=O) groups excluding carboxylic acids is 1. The molecule has 0 radical (unpaired) electrons. The van der Waals surface area contributed by atoms with Gasteiger partial charge < -0.3 is 15.2 Å². The summed E-state index contributed by atoms with van der Waals surface area (Å²) in [5, 5.41) is 14.1. The second-order valence-electron chi connectivity index (χ2n) is 5.37. The molecular formula is C15H21NO4S. The first-order valence-corrected chi connectivity index (χ1v) is 8.10. The van der Waals surface area contributed by atoms with Crippen LogP contribution in [0.3, 0.4) is 0 Å². The fraction of sp³-hybridized carbons (Fsp3) is 0.600. The van der Waals surface area contributed by atoms with Crippen molar-refractivity contribution >= 4 is 23.2 Å². The van der Waals surface area contributed by atoms with Crippen LogP contribution in [0.4, 0.5) is 0 Å². The summed E-state index contributed by atoms with van der Waals surface area (Å²) in [6.45, 7) is 0.388. The van der Waals surface area contributed by atoms with Crippen LogP contribution in [-0.4, -0.2) is 30.1 Å². The Morgan fingerprint density at radius 2 is 2.14 bits per heavy atom. The third-order valence-corrected chi connectivity index (χ3v) is 4.86. The van der Waals surface area contributed by atoms with E-state index in [1.54, 1.807) is 7.11 Å². The van der Waals surface area contributed by atoms with Gasteiger partial charge in [-0.15, -0.1) is 11.3 Å². The molecule has 2 atom stereocenters. The summed E-state index contributed by atoms with van der Waals surface area (Å²) >= 11 is 1.36. The van der Waals surface area contributed by atoms with E-state index in [-0.39, 0.29) is 11.9 Å². The molecule has 116 valence electrons. The van der Waals surface area contributed by atoms with Gasteiger partial charge in [-0.25, -0.2) is 0 Å². The number of aliphatic carboxylic acids is 1. The topological polar surface area (TPSA) is 75.6 Å². The lowest BCUT2D eigenvalue weighted by Crippen LogP contribution is -2.42. The van der Waals surface area contributed by atoms with Crippen LogP contribution in [0.15, 0.2) is 11.4 Å². The first-order valence-electron chi connectivity index (χ1n) is 7.22. The lowest BCUT2D eigenvalue weighted by atomic mass is 9.95. The largest absolute Gasteiger partial charge is 0.481 e. The highest BCUT2D eigenvalue weighted by Gasteiger charge is 2.31. The predicted molar refractivity (Wildman–Crippen MR) is 80.5 cm³/mol. The van der Waals surface area contributed by atoms with Gasteiger partial charge in [-0.05, 0) is 24.3 Å². The van der Waals surface area contributed by atoms with Gasteiger partial charge in [0, 0.05) is 18.7 Å². The Morgan fingerprint density at radius 1 is 1.38 bits per heavy atom. The summed E-state index contributed by atoms with van der Waals surface area (Å²) in [6.07, 6.45) is 4.27. The highest BCUT2D eigenvalue weighted by Crippen LogP contribution is 2.25. The van der Waals surface area contributed by atoms with Crippen molar-refractivity contribution in [1.29, 1.82) is 0 Å². The molecule has 2 rings (SSSR count). The van der Waals surface area contributed by atoms with E-state index in [2.05, 4.69) is 5.32 Å². The van der Waals surface area contributed by atoms with Gasteiger partial charge in [0.25, 0.3) is 5.91 Å². The summed E-state index contributed by atoms with van der Waals surface area (Å²) in [6, 6.07) is 1.58. The van der Waals surface area contributed by atoms with Crippen LogP contribution in [0.25, 0.3) is 0 Å². The molecule has 1 aromatic heterocycles. The van der Waals surface area contributed by atoms with Crippen molar-refractivity contribution in [3.63, 3.8) is 0 Å². The van der Waals surface area contributed by atoms with E-state index in [1.807, 2.05) is 11.4 Å². The molecule has 1 fully saturated rings. The van der Waals surface area contributed by atoms with Crippen LogP contribution in [-0.2, 0) is 16.1 Å². The zero-order chi connectivity index (χ0) is 15.2. The van der Waals surface area contributed by atoms with Crippen molar-refractivity contribution in [2.45, 2.75) is 44.8 Å². The van der Waals surface area contributed by atoms with E-state index in [0.717, 1.165) is 31.2 Å². The van der Waals surface area contributed by atoms with Crippen LogP contribution in [0.2, 0.25) is 0 Å². The number of ether oxygens (including phenoxy) is 1. The van der Waals surface area contributed by atoms with Gasteiger partial charge in [0.1, 0.15) is 0 Å². The van der Waals surface area contributed by atoms with Crippen molar-refractivity contribution in [1.82, 2.24) is 5.32 Å². The minimum absolute atomic E-state index is 0.185. The van der Waals surface area contributed by atoms with Crippen LogP contribution < -0.4 is 5.32 Å². The minimum Gasteiger partial charge on any atom is -0.481 e. The Kier molecular flexibility index (Phi) is 5.76. The number of nitrogens with one attached hydrogen (secondary N) is 1. The summed E-state index contributed by atoms with van der Waals surface area (Å²) in [5.74, 6) is -1.48. The molecule has 1 aliphatic rings. The molecule has 1 amide bonds. The Hall–Kier alpha value is -1.40. The molecule has 0 bridgehead atoms. The highest BCUT2D eigenvalue weighted by atomic mass is 32.1. The molecule has 6 heteroatoms. The average molecular weight is 311 g/mol. The molecule has 1 aliphatic carbocycles. The van der Waals surface area contributed by atoms with Gasteiger partial charge >= 0.3 is 5.97 Å². The zero-order valence-electron chi connectivity index (χ0n) is 12.1. The summed E-state index contributed by atoms with van der Waals surface area (Å²) in [7, 11) is 1.59. The number of thiophene rings is 1. The van der Waals surface area contributed by atoms with Gasteiger partial charge in [-0.1, -0.05) is 19.3 Å². The standard InChI is InChI=1S/C15H21NO4S/c1-20-9-10-7-8-21-13(10)14(17)16-12-6-4-2-3-5-11(12)15(18)19/h7-8,11-12H,2-6,9H2,1H3,(H,16,17)(H,18,19)/t11-,12+/m1/s1. The molecule has 0 saturated heterocycles. The number of methoxy groups -OCH3 is 1. The summed E-state index contributed by atoms with van der Waals surface area (Å²) in [4.78, 5) is 24.4.